The molecule has 120 valence electrons. The van der Waals surface area contributed by atoms with Crippen molar-refractivity contribution in [2.24, 2.45) is 5.73 Å². The zero-order valence-corrected chi connectivity index (χ0v) is 12.8. The van der Waals surface area contributed by atoms with Gasteiger partial charge in [0.1, 0.15) is 5.75 Å². The Morgan fingerprint density at radius 1 is 0.957 bits per heavy atom. The molecule has 23 heavy (non-hydrogen) atoms. The van der Waals surface area contributed by atoms with Crippen molar-refractivity contribution in [2.75, 3.05) is 17.2 Å². The molecule has 0 aliphatic rings. The van der Waals surface area contributed by atoms with Gasteiger partial charge in [0.2, 0.25) is 0 Å². The molecule has 0 saturated heterocycles. The van der Waals surface area contributed by atoms with Crippen molar-refractivity contribution in [1.82, 2.24) is 0 Å². The lowest BCUT2D eigenvalue weighted by Crippen LogP contribution is -2.19. The molecular formula is C17H19N3O3. The fraction of sp³-hybridized carbons (Fsp3) is 0.176. The maximum Gasteiger partial charge on any atom is 0.316 e. The predicted octanol–water partition coefficient (Wildman–Crippen LogP) is 3.22. The molecule has 0 aliphatic heterocycles. The van der Waals surface area contributed by atoms with Crippen LogP contribution in [-0.4, -0.2) is 18.5 Å². The maximum absolute atomic E-state index is 12.2. The number of anilines is 2. The van der Waals surface area contributed by atoms with E-state index in [-0.39, 0.29) is 5.91 Å². The first-order chi connectivity index (χ1) is 11.1. The number of primary amides is 1. The summed E-state index contributed by atoms with van der Waals surface area (Å²) in [5.74, 6) is 0.521. The molecule has 0 unspecified atom stereocenters. The summed E-state index contributed by atoms with van der Waals surface area (Å²) in [6.45, 7) is 2.68. The first kappa shape index (κ1) is 16.4. The van der Waals surface area contributed by atoms with Crippen LogP contribution in [0.4, 0.5) is 16.2 Å². The maximum atomic E-state index is 12.2. The molecule has 4 N–H and O–H groups in total. The first-order valence-electron chi connectivity index (χ1n) is 7.29. The molecule has 0 heterocycles. The summed E-state index contributed by atoms with van der Waals surface area (Å²) in [5, 5.41) is 5.23. The summed E-state index contributed by atoms with van der Waals surface area (Å²) in [5.41, 5.74) is 6.75. The molecule has 2 aromatic carbocycles. The highest BCUT2D eigenvalue weighted by Crippen LogP contribution is 2.16. The van der Waals surface area contributed by atoms with Gasteiger partial charge in [-0.3, -0.25) is 4.79 Å². The number of carbonyl (C=O) groups is 2. The van der Waals surface area contributed by atoms with E-state index >= 15 is 0 Å². The smallest absolute Gasteiger partial charge is 0.316 e. The molecule has 0 atom stereocenters. The fourth-order valence-electron chi connectivity index (χ4n) is 1.90. The van der Waals surface area contributed by atoms with Crippen LogP contribution in [0, 0.1) is 0 Å². The van der Waals surface area contributed by atoms with Gasteiger partial charge in [-0.2, -0.15) is 0 Å². The Balaban J connectivity index is 1.96. The fourth-order valence-corrected chi connectivity index (χ4v) is 1.90. The van der Waals surface area contributed by atoms with Crippen LogP contribution in [0.1, 0.15) is 23.7 Å². The largest absolute Gasteiger partial charge is 0.494 e. The van der Waals surface area contributed by atoms with Crippen LogP contribution in [-0.2, 0) is 0 Å². The zero-order valence-electron chi connectivity index (χ0n) is 12.8. The highest BCUT2D eigenvalue weighted by Gasteiger charge is 2.06. The van der Waals surface area contributed by atoms with Crippen LogP contribution >= 0.6 is 0 Å². The van der Waals surface area contributed by atoms with Gasteiger partial charge in [0.25, 0.3) is 5.91 Å². The Labute approximate surface area is 134 Å². The topological polar surface area (TPSA) is 93.4 Å². The third-order valence-corrected chi connectivity index (χ3v) is 3.00. The number of nitrogens with one attached hydrogen (secondary N) is 2. The Morgan fingerprint density at radius 3 is 2.04 bits per heavy atom. The number of benzene rings is 2. The monoisotopic (exact) mass is 313 g/mol. The summed E-state index contributed by atoms with van der Waals surface area (Å²) in [4.78, 5) is 22.9. The van der Waals surface area contributed by atoms with Crippen LogP contribution in [0.15, 0.2) is 48.5 Å². The third-order valence-electron chi connectivity index (χ3n) is 3.00. The first-order valence-corrected chi connectivity index (χ1v) is 7.29. The average Bonchev–Trinajstić information content (AvgIpc) is 2.54. The van der Waals surface area contributed by atoms with Crippen LogP contribution in [0.2, 0.25) is 0 Å². The highest BCUT2D eigenvalue weighted by atomic mass is 16.5. The normalized spacial score (nSPS) is 9.96. The summed E-state index contributed by atoms with van der Waals surface area (Å²) in [7, 11) is 0. The molecule has 6 heteroatoms. The number of amides is 3. The van der Waals surface area contributed by atoms with E-state index in [2.05, 4.69) is 10.6 Å². The Morgan fingerprint density at radius 2 is 1.52 bits per heavy atom. The Kier molecular flexibility index (Phi) is 5.57. The number of carbonyl (C=O) groups excluding carboxylic acids is 2. The SMILES string of the molecule is CCCOc1ccc(C(=O)Nc2ccc(NC(N)=O)cc2)cc1. The lowest BCUT2D eigenvalue weighted by Gasteiger charge is -2.08. The Hall–Kier alpha value is -3.02. The van der Waals surface area contributed by atoms with Gasteiger partial charge in [-0.05, 0) is 55.0 Å². The standard InChI is InChI=1S/C17H19N3O3/c1-2-11-23-15-9-3-12(4-10-15)16(21)19-13-5-7-14(8-6-13)20-17(18)22/h3-10H,2,11H2,1H3,(H,19,21)(H3,18,20,22). The van der Waals surface area contributed by atoms with E-state index < -0.39 is 6.03 Å². The third kappa shape index (κ3) is 5.03. The van der Waals surface area contributed by atoms with E-state index in [1.807, 2.05) is 6.92 Å². The van der Waals surface area contributed by atoms with Crippen molar-refractivity contribution in [1.29, 1.82) is 0 Å². The molecule has 2 rings (SSSR count). The Bertz CT molecular complexity index is 666. The quantitative estimate of drug-likeness (QED) is 0.764. The molecule has 0 aromatic heterocycles. The number of hydrogen-bond donors (Lipinski definition) is 3. The van der Waals surface area contributed by atoms with Crippen molar-refractivity contribution in [2.45, 2.75) is 13.3 Å². The van der Waals surface area contributed by atoms with Crippen molar-refractivity contribution >= 4 is 23.3 Å². The van der Waals surface area contributed by atoms with Gasteiger partial charge in [-0.15, -0.1) is 0 Å². The summed E-state index contributed by atoms with van der Waals surface area (Å²) < 4.78 is 5.48. The zero-order chi connectivity index (χ0) is 16.7. The van der Waals surface area contributed by atoms with E-state index in [0.29, 0.717) is 23.5 Å². The van der Waals surface area contributed by atoms with E-state index in [4.69, 9.17) is 10.5 Å². The van der Waals surface area contributed by atoms with E-state index in [1.54, 1.807) is 48.5 Å². The predicted molar refractivity (Wildman–Crippen MR) is 89.8 cm³/mol. The average molecular weight is 313 g/mol. The van der Waals surface area contributed by atoms with Gasteiger partial charge in [-0.25, -0.2) is 4.79 Å². The molecule has 0 saturated carbocycles. The lowest BCUT2D eigenvalue weighted by molar-refractivity contribution is 0.102. The molecule has 0 spiro atoms. The molecule has 0 radical (unpaired) electrons. The number of rotatable bonds is 6. The number of ether oxygens (including phenoxy) is 1. The number of nitrogens with two attached hydrogens (primary N) is 1. The van der Waals surface area contributed by atoms with E-state index in [9.17, 15) is 9.59 Å². The molecule has 0 fully saturated rings. The van der Waals surface area contributed by atoms with E-state index in [0.717, 1.165) is 12.2 Å². The molecule has 2 aromatic rings. The van der Waals surface area contributed by atoms with Crippen molar-refractivity contribution < 1.29 is 14.3 Å². The molecule has 6 nitrogen and oxygen atoms in total. The number of hydrogen-bond acceptors (Lipinski definition) is 3. The second-order valence-electron chi connectivity index (χ2n) is 4.89. The van der Waals surface area contributed by atoms with E-state index in [1.165, 1.54) is 0 Å². The number of urea groups is 1. The van der Waals surface area contributed by atoms with Crippen LogP contribution in [0.3, 0.4) is 0 Å². The minimum Gasteiger partial charge on any atom is -0.494 e. The van der Waals surface area contributed by atoms with Crippen molar-refractivity contribution in [3.63, 3.8) is 0 Å². The van der Waals surface area contributed by atoms with Crippen LogP contribution < -0.4 is 21.1 Å². The van der Waals surface area contributed by atoms with Gasteiger partial charge < -0.3 is 21.1 Å². The molecule has 0 bridgehead atoms. The van der Waals surface area contributed by atoms with Gasteiger partial charge in [-0.1, -0.05) is 6.92 Å². The minimum absolute atomic E-state index is 0.220. The summed E-state index contributed by atoms with van der Waals surface area (Å²) in [6.07, 6.45) is 0.933. The highest BCUT2D eigenvalue weighted by molar-refractivity contribution is 6.04. The molecule has 0 aliphatic carbocycles. The summed E-state index contributed by atoms with van der Waals surface area (Å²) in [6, 6.07) is 13.0. The van der Waals surface area contributed by atoms with Crippen molar-refractivity contribution in [3.05, 3.63) is 54.1 Å². The van der Waals surface area contributed by atoms with Gasteiger partial charge in [0.15, 0.2) is 0 Å². The van der Waals surface area contributed by atoms with Gasteiger partial charge >= 0.3 is 6.03 Å². The lowest BCUT2D eigenvalue weighted by atomic mass is 10.2. The van der Waals surface area contributed by atoms with Gasteiger partial charge in [0, 0.05) is 16.9 Å². The van der Waals surface area contributed by atoms with Gasteiger partial charge in [0.05, 0.1) is 6.61 Å². The van der Waals surface area contributed by atoms with Crippen LogP contribution in [0.5, 0.6) is 5.75 Å². The second kappa shape index (κ2) is 7.84. The molecule has 3 amide bonds. The van der Waals surface area contributed by atoms with Crippen LogP contribution in [0.25, 0.3) is 0 Å². The van der Waals surface area contributed by atoms with Crippen molar-refractivity contribution in [3.8, 4) is 5.75 Å². The minimum atomic E-state index is -0.632. The summed E-state index contributed by atoms with van der Waals surface area (Å²) >= 11 is 0. The molecular weight excluding hydrogens is 294 g/mol. The second-order valence-corrected chi connectivity index (χ2v) is 4.89.